The summed E-state index contributed by atoms with van der Waals surface area (Å²) in [5.41, 5.74) is 2.62. The van der Waals surface area contributed by atoms with Gasteiger partial charge in [0.2, 0.25) is 0 Å². The van der Waals surface area contributed by atoms with Crippen LogP contribution in [0.3, 0.4) is 0 Å². The van der Waals surface area contributed by atoms with Crippen LogP contribution in [0.1, 0.15) is 5.56 Å². The van der Waals surface area contributed by atoms with Crippen LogP contribution in [0.25, 0.3) is 0 Å². The lowest BCUT2D eigenvalue weighted by atomic mass is 10.1. The number of hydrogen-bond acceptors (Lipinski definition) is 1. The molecule has 0 heterocycles. The normalized spacial score (nSPS) is 10.4. The van der Waals surface area contributed by atoms with Gasteiger partial charge in [0.15, 0.2) is 0 Å². The lowest BCUT2D eigenvalue weighted by Gasteiger charge is -2.16. The summed E-state index contributed by atoms with van der Waals surface area (Å²) in [5.74, 6) is 0. The zero-order chi connectivity index (χ0) is 10.4. The Kier molecular flexibility index (Phi) is 3.99. The molecule has 0 aliphatic rings. The van der Waals surface area contributed by atoms with E-state index in [0.717, 1.165) is 6.42 Å². The van der Waals surface area contributed by atoms with Crippen molar-refractivity contribution in [3.8, 4) is 0 Å². The molecular weight excluding hydrogens is 170 g/mol. The number of anilines is 1. The maximum Gasteiger partial charge on any atom is 0.0396 e. The molecule has 0 saturated heterocycles. The molecule has 0 bridgehead atoms. The van der Waals surface area contributed by atoms with Crippen molar-refractivity contribution in [2.75, 3.05) is 19.0 Å². The lowest BCUT2D eigenvalue weighted by Crippen LogP contribution is -2.10. The van der Waals surface area contributed by atoms with Crippen molar-refractivity contribution in [2.24, 2.45) is 0 Å². The second-order valence-electron chi connectivity index (χ2n) is 3.39. The van der Waals surface area contributed by atoms with E-state index in [2.05, 4.69) is 55.9 Å². The summed E-state index contributed by atoms with van der Waals surface area (Å²) in [7, 11) is 4.13. The monoisotopic (exact) mass is 187 g/mol. The van der Waals surface area contributed by atoms with Gasteiger partial charge in [-0.1, -0.05) is 43.0 Å². The molecule has 0 amide bonds. The van der Waals surface area contributed by atoms with Gasteiger partial charge in [-0.05, 0) is 18.1 Å². The number of rotatable bonds is 4. The Morgan fingerprint density at radius 2 is 2.00 bits per heavy atom. The second-order valence-corrected chi connectivity index (χ2v) is 3.39. The molecular formula is C13H17N. The number of benzene rings is 1. The van der Waals surface area contributed by atoms with Gasteiger partial charge in [-0.2, -0.15) is 0 Å². The van der Waals surface area contributed by atoms with Crippen molar-refractivity contribution in [1.82, 2.24) is 0 Å². The highest BCUT2D eigenvalue weighted by Crippen LogP contribution is 2.18. The summed E-state index contributed by atoms with van der Waals surface area (Å²) < 4.78 is 0. The van der Waals surface area contributed by atoms with E-state index >= 15 is 0 Å². The Balaban J connectivity index is 2.84. The van der Waals surface area contributed by atoms with Crippen molar-refractivity contribution in [3.63, 3.8) is 0 Å². The molecule has 1 aromatic carbocycles. The minimum Gasteiger partial charge on any atom is -0.377 e. The molecule has 1 aromatic rings. The highest BCUT2D eigenvalue weighted by atomic mass is 15.1. The van der Waals surface area contributed by atoms with Gasteiger partial charge in [0.05, 0.1) is 0 Å². The van der Waals surface area contributed by atoms with Gasteiger partial charge >= 0.3 is 0 Å². The third kappa shape index (κ3) is 2.77. The highest BCUT2D eigenvalue weighted by Gasteiger charge is 2.00. The van der Waals surface area contributed by atoms with E-state index in [1.807, 2.05) is 6.08 Å². The quantitative estimate of drug-likeness (QED) is 0.655. The van der Waals surface area contributed by atoms with Crippen LogP contribution >= 0.6 is 0 Å². The summed E-state index contributed by atoms with van der Waals surface area (Å²) in [6.45, 7) is 3.65. The number of nitrogens with zero attached hydrogens (tertiary/aromatic N) is 1. The smallest absolute Gasteiger partial charge is 0.0396 e. The SMILES string of the molecule is C=C/C=C/Cc1ccccc1N(C)C. The third-order valence-corrected chi connectivity index (χ3v) is 2.08. The van der Waals surface area contributed by atoms with Crippen LogP contribution in [0.4, 0.5) is 5.69 Å². The van der Waals surface area contributed by atoms with E-state index in [0.29, 0.717) is 0 Å². The van der Waals surface area contributed by atoms with Crippen molar-refractivity contribution >= 4 is 5.69 Å². The summed E-state index contributed by atoms with van der Waals surface area (Å²) >= 11 is 0. The third-order valence-electron chi connectivity index (χ3n) is 2.08. The number of para-hydroxylation sites is 1. The first-order chi connectivity index (χ1) is 6.75. The first-order valence-electron chi connectivity index (χ1n) is 4.78. The Morgan fingerprint density at radius 1 is 1.29 bits per heavy atom. The summed E-state index contributed by atoms with van der Waals surface area (Å²) in [6.07, 6.45) is 6.86. The predicted octanol–water partition coefficient (Wildman–Crippen LogP) is 3.04. The fourth-order valence-corrected chi connectivity index (χ4v) is 1.41. The van der Waals surface area contributed by atoms with Gasteiger partial charge in [-0.25, -0.2) is 0 Å². The van der Waals surface area contributed by atoms with E-state index < -0.39 is 0 Å². The summed E-state index contributed by atoms with van der Waals surface area (Å²) in [6, 6.07) is 8.43. The molecule has 0 atom stereocenters. The van der Waals surface area contributed by atoms with Gasteiger partial charge in [0.1, 0.15) is 0 Å². The van der Waals surface area contributed by atoms with Crippen LogP contribution in [0.15, 0.2) is 49.1 Å². The molecule has 1 rings (SSSR count). The fourth-order valence-electron chi connectivity index (χ4n) is 1.41. The van der Waals surface area contributed by atoms with Crippen LogP contribution in [-0.4, -0.2) is 14.1 Å². The Hall–Kier alpha value is -1.50. The van der Waals surface area contributed by atoms with Crippen molar-refractivity contribution in [3.05, 3.63) is 54.6 Å². The maximum absolute atomic E-state index is 3.65. The van der Waals surface area contributed by atoms with Crippen LogP contribution in [0.2, 0.25) is 0 Å². The largest absolute Gasteiger partial charge is 0.377 e. The zero-order valence-corrected chi connectivity index (χ0v) is 8.90. The highest BCUT2D eigenvalue weighted by molar-refractivity contribution is 5.53. The molecule has 1 nitrogen and oxygen atoms in total. The minimum atomic E-state index is 0.959. The summed E-state index contributed by atoms with van der Waals surface area (Å²) in [4.78, 5) is 2.14. The van der Waals surface area contributed by atoms with Crippen molar-refractivity contribution in [1.29, 1.82) is 0 Å². The average Bonchev–Trinajstić information content (AvgIpc) is 2.19. The van der Waals surface area contributed by atoms with Gasteiger partial charge in [-0.15, -0.1) is 0 Å². The molecule has 0 radical (unpaired) electrons. The lowest BCUT2D eigenvalue weighted by molar-refractivity contribution is 1.09. The summed E-state index contributed by atoms with van der Waals surface area (Å²) in [5, 5.41) is 0. The number of hydrogen-bond donors (Lipinski definition) is 0. The number of allylic oxidation sites excluding steroid dienone is 3. The molecule has 1 heteroatoms. The molecule has 0 saturated carbocycles. The zero-order valence-electron chi connectivity index (χ0n) is 8.90. The Labute approximate surface area is 86.4 Å². The fraction of sp³-hybridized carbons (Fsp3) is 0.231. The van der Waals surface area contributed by atoms with E-state index in [4.69, 9.17) is 0 Å². The molecule has 14 heavy (non-hydrogen) atoms. The minimum absolute atomic E-state index is 0.959. The maximum atomic E-state index is 3.65. The van der Waals surface area contributed by atoms with E-state index in [1.165, 1.54) is 11.3 Å². The van der Waals surface area contributed by atoms with Crippen LogP contribution in [0.5, 0.6) is 0 Å². The van der Waals surface area contributed by atoms with E-state index in [1.54, 1.807) is 6.08 Å². The van der Waals surface area contributed by atoms with E-state index in [-0.39, 0.29) is 0 Å². The average molecular weight is 187 g/mol. The Bertz CT molecular complexity index is 324. The van der Waals surface area contributed by atoms with E-state index in [9.17, 15) is 0 Å². The van der Waals surface area contributed by atoms with Gasteiger partial charge in [0.25, 0.3) is 0 Å². The standard InChI is InChI=1S/C13H17N/c1-4-5-6-9-12-10-7-8-11-13(12)14(2)3/h4-8,10-11H,1,9H2,2-3H3/b6-5+. The second kappa shape index (κ2) is 5.28. The molecule has 0 fully saturated rings. The predicted molar refractivity (Wildman–Crippen MR) is 63.8 cm³/mol. The van der Waals surface area contributed by atoms with Gasteiger partial charge in [0, 0.05) is 19.8 Å². The molecule has 0 spiro atoms. The molecule has 0 unspecified atom stereocenters. The molecule has 0 N–H and O–H groups in total. The van der Waals surface area contributed by atoms with Gasteiger partial charge in [-0.3, -0.25) is 0 Å². The van der Waals surface area contributed by atoms with Crippen molar-refractivity contribution in [2.45, 2.75) is 6.42 Å². The Morgan fingerprint density at radius 3 is 2.64 bits per heavy atom. The molecule has 0 aromatic heterocycles. The molecule has 0 aliphatic heterocycles. The van der Waals surface area contributed by atoms with Crippen LogP contribution < -0.4 is 4.90 Å². The van der Waals surface area contributed by atoms with Crippen LogP contribution in [0, 0.1) is 0 Å². The van der Waals surface area contributed by atoms with Crippen LogP contribution in [-0.2, 0) is 6.42 Å². The first kappa shape index (κ1) is 10.6. The topological polar surface area (TPSA) is 3.24 Å². The first-order valence-corrected chi connectivity index (χ1v) is 4.78. The molecule has 0 aliphatic carbocycles. The van der Waals surface area contributed by atoms with Gasteiger partial charge < -0.3 is 4.90 Å². The van der Waals surface area contributed by atoms with Crippen molar-refractivity contribution < 1.29 is 0 Å². The molecule has 74 valence electrons.